The summed E-state index contributed by atoms with van der Waals surface area (Å²) < 4.78 is 0. The molecule has 0 aliphatic heterocycles. The molecule has 0 fully saturated rings. The predicted molar refractivity (Wildman–Crippen MR) is 82.3 cm³/mol. The lowest BCUT2D eigenvalue weighted by atomic mass is 10.1. The van der Waals surface area contributed by atoms with E-state index in [4.69, 9.17) is 0 Å². The molecule has 1 rings (SSSR count). The number of unbranched alkanes of at least 4 members (excludes halogenated alkanes) is 6. The Kier molecular flexibility index (Phi) is 7.64. The van der Waals surface area contributed by atoms with Crippen LogP contribution in [0.3, 0.4) is 0 Å². The lowest BCUT2D eigenvalue weighted by molar-refractivity contribution is 0.571. The van der Waals surface area contributed by atoms with Gasteiger partial charge in [-0.3, -0.25) is 0 Å². The van der Waals surface area contributed by atoms with Gasteiger partial charge in [0.05, 0.1) is 10.5 Å². The van der Waals surface area contributed by atoms with Crippen molar-refractivity contribution in [2.45, 2.75) is 77.0 Å². The summed E-state index contributed by atoms with van der Waals surface area (Å²) in [5.74, 6) is 1.09. The summed E-state index contributed by atoms with van der Waals surface area (Å²) in [7, 11) is 0. The Labute approximate surface area is 120 Å². The lowest BCUT2D eigenvalue weighted by Crippen LogP contribution is -1.93. The highest BCUT2D eigenvalue weighted by molar-refractivity contribution is 9.09. The molecule has 104 valence electrons. The van der Waals surface area contributed by atoms with Gasteiger partial charge in [0.1, 0.15) is 5.82 Å². The summed E-state index contributed by atoms with van der Waals surface area (Å²) in [4.78, 5) is 8.29. The van der Waals surface area contributed by atoms with Gasteiger partial charge in [0.25, 0.3) is 0 Å². The number of rotatable bonds is 9. The molecule has 0 bridgehead atoms. The van der Waals surface area contributed by atoms with Crippen LogP contribution in [-0.4, -0.2) is 9.97 Å². The van der Waals surface area contributed by atoms with E-state index in [0.717, 1.165) is 11.5 Å². The third-order valence-electron chi connectivity index (χ3n) is 3.50. The molecule has 0 amide bonds. The molecular weight excluding hydrogens is 288 g/mol. The van der Waals surface area contributed by atoms with Gasteiger partial charge in [-0.25, -0.2) is 4.98 Å². The van der Waals surface area contributed by atoms with E-state index in [2.05, 4.69) is 46.7 Å². The Morgan fingerprint density at radius 1 is 1.06 bits per heavy atom. The van der Waals surface area contributed by atoms with Crippen molar-refractivity contribution in [2.24, 2.45) is 0 Å². The molecule has 1 aromatic rings. The van der Waals surface area contributed by atoms with Crippen LogP contribution in [0.2, 0.25) is 0 Å². The third-order valence-corrected chi connectivity index (χ3v) is 4.40. The minimum absolute atomic E-state index is 0.389. The summed E-state index contributed by atoms with van der Waals surface area (Å²) in [5, 5.41) is 0. The molecule has 0 aliphatic rings. The second-order valence-corrected chi connectivity index (χ2v) is 6.32. The molecule has 1 heterocycles. The molecule has 2 nitrogen and oxygen atoms in total. The van der Waals surface area contributed by atoms with Gasteiger partial charge in [0, 0.05) is 5.69 Å². The van der Waals surface area contributed by atoms with Gasteiger partial charge >= 0.3 is 0 Å². The maximum atomic E-state index is 4.55. The van der Waals surface area contributed by atoms with Crippen molar-refractivity contribution in [2.75, 3.05) is 0 Å². The topological polar surface area (TPSA) is 28.7 Å². The average Bonchev–Trinajstić information content (AvgIpc) is 2.68. The number of aromatic amines is 1. The molecule has 1 atom stereocenters. The molecular formula is C15H27BrN2. The normalized spacial score (nSPS) is 12.9. The van der Waals surface area contributed by atoms with E-state index >= 15 is 0 Å². The molecule has 0 radical (unpaired) electrons. The number of alkyl halides is 1. The maximum absolute atomic E-state index is 4.55. The van der Waals surface area contributed by atoms with E-state index in [9.17, 15) is 0 Å². The molecule has 0 aliphatic carbocycles. The van der Waals surface area contributed by atoms with E-state index in [1.165, 1.54) is 57.1 Å². The minimum Gasteiger partial charge on any atom is -0.345 e. The van der Waals surface area contributed by atoms with Crippen LogP contribution in [0.25, 0.3) is 0 Å². The highest BCUT2D eigenvalue weighted by Gasteiger charge is 2.11. The molecule has 1 N–H and O–H groups in total. The Hall–Kier alpha value is -0.310. The van der Waals surface area contributed by atoms with Crippen LogP contribution in [0.4, 0.5) is 0 Å². The third kappa shape index (κ3) is 5.55. The van der Waals surface area contributed by atoms with Crippen LogP contribution in [0, 0.1) is 13.8 Å². The fourth-order valence-electron chi connectivity index (χ4n) is 2.14. The first-order chi connectivity index (χ1) is 8.65. The standard InChI is InChI=1S/C15H27BrN2/c1-4-5-6-7-8-9-10-11-14(16)15-17-12(2)13(3)18-15/h14H,4-11H2,1-3H3,(H,17,18). The number of nitrogens with zero attached hydrogens (tertiary/aromatic N) is 1. The number of aromatic nitrogens is 2. The van der Waals surface area contributed by atoms with Crippen molar-refractivity contribution in [3.05, 3.63) is 17.2 Å². The van der Waals surface area contributed by atoms with Gasteiger partial charge in [0.2, 0.25) is 0 Å². The predicted octanol–water partition coefficient (Wildman–Crippen LogP) is 5.60. The first-order valence-corrected chi connectivity index (χ1v) is 8.24. The average molecular weight is 315 g/mol. The summed E-state index contributed by atoms with van der Waals surface area (Å²) in [5.41, 5.74) is 2.31. The van der Waals surface area contributed by atoms with Gasteiger partial charge in [-0.15, -0.1) is 0 Å². The zero-order chi connectivity index (χ0) is 13.4. The van der Waals surface area contributed by atoms with E-state index in [0.29, 0.717) is 4.83 Å². The molecule has 0 aromatic carbocycles. The van der Waals surface area contributed by atoms with Crippen molar-refractivity contribution >= 4 is 15.9 Å². The number of H-pyrrole nitrogens is 1. The maximum Gasteiger partial charge on any atom is 0.120 e. The summed E-state index contributed by atoms with van der Waals surface area (Å²) >= 11 is 3.73. The summed E-state index contributed by atoms with van der Waals surface area (Å²) in [6, 6.07) is 0. The second kappa shape index (κ2) is 8.73. The number of aryl methyl sites for hydroxylation is 2. The van der Waals surface area contributed by atoms with Crippen LogP contribution in [0.5, 0.6) is 0 Å². The van der Waals surface area contributed by atoms with Crippen molar-refractivity contribution in [1.82, 2.24) is 9.97 Å². The number of hydrogen-bond acceptors (Lipinski definition) is 1. The molecule has 0 spiro atoms. The Morgan fingerprint density at radius 2 is 1.67 bits per heavy atom. The molecule has 3 heteroatoms. The van der Waals surface area contributed by atoms with E-state index in [-0.39, 0.29) is 0 Å². The summed E-state index contributed by atoms with van der Waals surface area (Å²) in [6.45, 7) is 6.41. The van der Waals surface area contributed by atoms with Crippen LogP contribution in [-0.2, 0) is 0 Å². The number of nitrogens with one attached hydrogen (secondary N) is 1. The quantitative estimate of drug-likeness (QED) is 0.466. The Balaban J connectivity index is 2.12. The highest BCUT2D eigenvalue weighted by Crippen LogP contribution is 2.27. The lowest BCUT2D eigenvalue weighted by Gasteiger charge is -2.06. The number of imidazole rings is 1. The minimum atomic E-state index is 0.389. The summed E-state index contributed by atoms with van der Waals surface area (Å²) in [6.07, 6.45) is 10.7. The van der Waals surface area contributed by atoms with E-state index in [1.807, 2.05) is 0 Å². The van der Waals surface area contributed by atoms with E-state index in [1.54, 1.807) is 0 Å². The van der Waals surface area contributed by atoms with Crippen molar-refractivity contribution in [3.63, 3.8) is 0 Å². The van der Waals surface area contributed by atoms with Crippen molar-refractivity contribution < 1.29 is 0 Å². The fourth-order valence-corrected chi connectivity index (χ4v) is 2.68. The zero-order valence-electron chi connectivity index (χ0n) is 12.1. The molecule has 1 aromatic heterocycles. The Bertz CT molecular complexity index is 314. The first kappa shape index (κ1) is 15.7. The SMILES string of the molecule is CCCCCCCCCC(Br)c1nc(C)c(C)[nH]1. The van der Waals surface area contributed by atoms with Crippen molar-refractivity contribution in [1.29, 1.82) is 0 Å². The van der Waals surface area contributed by atoms with Gasteiger partial charge in [-0.2, -0.15) is 0 Å². The number of halogens is 1. The van der Waals surface area contributed by atoms with Crippen LogP contribution in [0.15, 0.2) is 0 Å². The fraction of sp³-hybridized carbons (Fsp3) is 0.800. The molecule has 0 saturated heterocycles. The molecule has 18 heavy (non-hydrogen) atoms. The van der Waals surface area contributed by atoms with E-state index < -0.39 is 0 Å². The molecule has 0 saturated carbocycles. The van der Waals surface area contributed by atoms with Gasteiger partial charge < -0.3 is 4.98 Å². The zero-order valence-corrected chi connectivity index (χ0v) is 13.6. The van der Waals surface area contributed by atoms with Crippen molar-refractivity contribution in [3.8, 4) is 0 Å². The molecule has 1 unspecified atom stereocenters. The van der Waals surface area contributed by atoms with Gasteiger partial charge in [-0.05, 0) is 20.3 Å². The highest BCUT2D eigenvalue weighted by atomic mass is 79.9. The smallest absolute Gasteiger partial charge is 0.120 e. The van der Waals surface area contributed by atoms with Gasteiger partial charge in [0.15, 0.2) is 0 Å². The second-order valence-electron chi connectivity index (χ2n) is 5.21. The number of hydrogen-bond donors (Lipinski definition) is 1. The van der Waals surface area contributed by atoms with Crippen LogP contribution < -0.4 is 0 Å². The Morgan fingerprint density at radius 3 is 2.22 bits per heavy atom. The first-order valence-electron chi connectivity index (χ1n) is 7.32. The monoisotopic (exact) mass is 314 g/mol. The van der Waals surface area contributed by atoms with Crippen LogP contribution in [0.1, 0.15) is 80.3 Å². The van der Waals surface area contributed by atoms with Crippen LogP contribution >= 0.6 is 15.9 Å². The van der Waals surface area contributed by atoms with Gasteiger partial charge in [-0.1, -0.05) is 67.8 Å². The largest absolute Gasteiger partial charge is 0.345 e.